The van der Waals surface area contributed by atoms with Crippen molar-refractivity contribution in [1.29, 1.82) is 0 Å². The second-order valence-corrected chi connectivity index (χ2v) is 3.65. The van der Waals surface area contributed by atoms with Crippen molar-refractivity contribution in [2.45, 2.75) is 6.92 Å². The Hall–Kier alpha value is -2.37. The number of hydrogen-bond acceptors (Lipinski definition) is 4. The van der Waals surface area contributed by atoms with Crippen LogP contribution in [-0.2, 0) is 9.53 Å². The molecule has 2 rings (SSSR count). The van der Waals surface area contributed by atoms with Gasteiger partial charge in [-0.25, -0.2) is 4.79 Å². The molecular formula is C12H13N3O3. The third kappa shape index (κ3) is 2.48. The fraction of sp³-hybridized carbons (Fsp3) is 0.250. The number of fused-ring (bicyclic) bond motifs is 1. The van der Waals surface area contributed by atoms with Crippen LogP contribution < -0.4 is 5.32 Å². The molecule has 1 amide bonds. The van der Waals surface area contributed by atoms with Crippen LogP contribution in [0.5, 0.6) is 0 Å². The van der Waals surface area contributed by atoms with Gasteiger partial charge in [0.05, 0.1) is 5.52 Å². The Bertz CT molecular complexity index is 577. The van der Waals surface area contributed by atoms with Crippen molar-refractivity contribution in [2.24, 2.45) is 0 Å². The zero-order valence-electron chi connectivity index (χ0n) is 9.90. The van der Waals surface area contributed by atoms with Crippen LogP contribution in [-0.4, -0.2) is 35.2 Å². The number of ether oxygens (including phenoxy) is 1. The summed E-state index contributed by atoms with van der Waals surface area (Å²) in [7, 11) is 0. The number of hydrogen-bond donors (Lipinski definition) is 2. The summed E-state index contributed by atoms with van der Waals surface area (Å²) < 4.78 is 4.88. The van der Waals surface area contributed by atoms with Crippen LogP contribution in [0.1, 0.15) is 17.4 Å². The van der Waals surface area contributed by atoms with Gasteiger partial charge in [0.2, 0.25) is 0 Å². The number of aromatic nitrogens is 2. The lowest BCUT2D eigenvalue weighted by molar-refractivity contribution is -0.124. The van der Waals surface area contributed by atoms with E-state index in [1.54, 1.807) is 19.1 Å². The number of nitrogens with zero attached hydrogens (tertiary/aromatic N) is 1. The molecule has 0 aliphatic carbocycles. The molecule has 6 heteroatoms. The van der Waals surface area contributed by atoms with E-state index in [0.717, 1.165) is 5.52 Å². The quantitative estimate of drug-likeness (QED) is 0.785. The van der Waals surface area contributed by atoms with Crippen molar-refractivity contribution >= 4 is 22.8 Å². The van der Waals surface area contributed by atoms with Crippen LogP contribution in [0.4, 0.5) is 0 Å². The summed E-state index contributed by atoms with van der Waals surface area (Å²) in [6.45, 7) is 2.00. The average Bonchev–Trinajstić information content (AvgIpc) is 2.80. The van der Waals surface area contributed by atoms with Crippen molar-refractivity contribution < 1.29 is 14.3 Å². The molecular weight excluding hydrogens is 234 g/mol. The summed E-state index contributed by atoms with van der Waals surface area (Å²) in [6.07, 6.45) is 0. The minimum atomic E-state index is -0.612. The Morgan fingerprint density at radius 1 is 1.39 bits per heavy atom. The topological polar surface area (TPSA) is 84.1 Å². The van der Waals surface area contributed by atoms with Crippen LogP contribution in [0, 0.1) is 0 Å². The number of aromatic amines is 1. The van der Waals surface area contributed by atoms with Gasteiger partial charge in [-0.05, 0) is 13.0 Å². The molecule has 0 bridgehead atoms. The molecule has 0 unspecified atom stereocenters. The van der Waals surface area contributed by atoms with Gasteiger partial charge in [0.1, 0.15) is 0 Å². The third-order valence-electron chi connectivity index (χ3n) is 2.37. The van der Waals surface area contributed by atoms with E-state index in [1.165, 1.54) is 0 Å². The zero-order chi connectivity index (χ0) is 13.0. The number of nitrogens with one attached hydrogen (secondary N) is 2. The van der Waals surface area contributed by atoms with Gasteiger partial charge in [-0.15, -0.1) is 0 Å². The largest absolute Gasteiger partial charge is 0.451 e. The minimum absolute atomic E-state index is 0.190. The van der Waals surface area contributed by atoms with Gasteiger partial charge >= 0.3 is 5.97 Å². The zero-order valence-corrected chi connectivity index (χ0v) is 9.90. The first-order valence-corrected chi connectivity index (χ1v) is 5.59. The van der Waals surface area contributed by atoms with E-state index in [0.29, 0.717) is 11.9 Å². The molecule has 1 aromatic carbocycles. The molecule has 1 heterocycles. The molecule has 0 spiro atoms. The molecule has 1 aromatic heterocycles. The smallest absolute Gasteiger partial charge is 0.359 e. The summed E-state index contributed by atoms with van der Waals surface area (Å²) in [4.78, 5) is 22.9. The first-order chi connectivity index (χ1) is 8.72. The lowest BCUT2D eigenvalue weighted by atomic mass is 10.2. The van der Waals surface area contributed by atoms with Gasteiger partial charge < -0.3 is 10.1 Å². The molecule has 18 heavy (non-hydrogen) atoms. The van der Waals surface area contributed by atoms with Crippen LogP contribution in [0.3, 0.4) is 0 Å². The normalized spacial score (nSPS) is 10.3. The SMILES string of the molecule is CCNC(=O)COC(=O)c1n[nH]c2ccccc12. The maximum Gasteiger partial charge on any atom is 0.359 e. The van der Waals surface area contributed by atoms with Gasteiger partial charge in [0.25, 0.3) is 5.91 Å². The molecule has 2 N–H and O–H groups in total. The van der Waals surface area contributed by atoms with E-state index in [-0.39, 0.29) is 18.2 Å². The molecule has 0 saturated heterocycles. The molecule has 94 valence electrons. The Kier molecular flexibility index (Phi) is 3.57. The third-order valence-corrected chi connectivity index (χ3v) is 2.37. The van der Waals surface area contributed by atoms with Crippen LogP contribution in [0.2, 0.25) is 0 Å². The number of para-hydroxylation sites is 1. The highest BCUT2D eigenvalue weighted by Gasteiger charge is 2.16. The molecule has 6 nitrogen and oxygen atoms in total. The number of carbonyl (C=O) groups excluding carboxylic acids is 2. The molecule has 0 aliphatic rings. The van der Waals surface area contributed by atoms with E-state index in [1.807, 2.05) is 12.1 Å². The Balaban J connectivity index is 2.07. The van der Waals surface area contributed by atoms with E-state index in [2.05, 4.69) is 15.5 Å². The Morgan fingerprint density at radius 3 is 2.94 bits per heavy atom. The number of H-pyrrole nitrogens is 1. The van der Waals surface area contributed by atoms with Crippen molar-refractivity contribution in [2.75, 3.05) is 13.2 Å². The predicted molar refractivity (Wildman–Crippen MR) is 65.1 cm³/mol. The van der Waals surface area contributed by atoms with Gasteiger partial charge in [-0.1, -0.05) is 18.2 Å². The summed E-state index contributed by atoms with van der Waals surface area (Å²) in [5.74, 6) is -0.940. The minimum Gasteiger partial charge on any atom is -0.451 e. The Morgan fingerprint density at radius 2 is 2.17 bits per heavy atom. The standard InChI is InChI=1S/C12H13N3O3/c1-2-13-10(16)7-18-12(17)11-8-5-3-4-6-9(8)14-15-11/h3-6H,2,7H2,1H3,(H,13,16)(H,14,15). The highest BCUT2D eigenvalue weighted by Crippen LogP contribution is 2.15. The highest BCUT2D eigenvalue weighted by atomic mass is 16.5. The molecule has 0 fully saturated rings. The molecule has 0 aliphatic heterocycles. The summed E-state index contributed by atoms with van der Waals surface area (Å²) in [6, 6.07) is 7.22. The van der Waals surface area contributed by atoms with Gasteiger partial charge in [-0.3, -0.25) is 9.89 Å². The van der Waals surface area contributed by atoms with Gasteiger partial charge in [0.15, 0.2) is 12.3 Å². The lowest BCUT2D eigenvalue weighted by Gasteiger charge is -2.03. The van der Waals surface area contributed by atoms with E-state index >= 15 is 0 Å². The predicted octanol–water partition coefficient (Wildman–Crippen LogP) is 0.856. The fourth-order valence-electron chi connectivity index (χ4n) is 1.57. The monoisotopic (exact) mass is 247 g/mol. The first kappa shape index (κ1) is 12.1. The summed E-state index contributed by atoms with van der Waals surface area (Å²) in [5.41, 5.74) is 0.942. The summed E-state index contributed by atoms with van der Waals surface area (Å²) >= 11 is 0. The number of rotatable bonds is 4. The van der Waals surface area contributed by atoms with E-state index in [9.17, 15) is 9.59 Å². The van der Waals surface area contributed by atoms with Crippen LogP contribution in [0.25, 0.3) is 10.9 Å². The summed E-state index contributed by atoms with van der Waals surface area (Å²) in [5, 5.41) is 9.84. The van der Waals surface area contributed by atoms with Crippen LogP contribution in [0.15, 0.2) is 24.3 Å². The number of likely N-dealkylation sites (N-methyl/N-ethyl adjacent to an activating group) is 1. The molecule has 2 aromatic rings. The fourth-order valence-corrected chi connectivity index (χ4v) is 1.57. The number of esters is 1. The van der Waals surface area contributed by atoms with Crippen molar-refractivity contribution in [3.8, 4) is 0 Å². The average molecular weight is 247 g/mol. The Labute approximate surface area is 103 Å². The van der Waals surface area contributed by atoms with Crippen molar-refractivity contribution in [3.63, 3.8) is 0 Å². The highest BCUT2D eigenvalue weighted by molar-refractivity contribution is 6.02. The van der Waals surface area contributed by atoms with E-state index in [4.69, 9.17) is 4.74 Å². The second-order valence-electron chi connectivity index (χ2n) is 3.65. The van der Waals surface area contributed by atoms with Gasteiger partial charge in [-0.2, -0.15) is 5.10 Å². The molecule has 0 atom stereocenters. The van der Waals surface area contributed by atoms with E-state index < -0.39 is 5.97 Å². The molecule has 0 radical (unpaired) electrons. The molecule has 0 saturated carbocycles. The maximum absolute atomic E-state index is 11.7. The van der Waals surface area contributed by atoms with Crippen LogP contribution >= 0.6 is 0 Å². The van der Waals surface area contributed by atoms with Crippen molar-refractivity contribution in [3.05, 3.63) is 30.0 Å². The second kappa shape index (κ2) is 5.31. The first-order valence-electron chi connectivity index (χ1n) is 5.59. The van der Waals surface area contributed by atoms with Gasteiger partial charge in [0, 0.05) is 11.9 Å². The lowest BCUT2D eigenvalue weighted by Crippen LogP contribution is -2.28. The number of amides is 1. The number of carbonyl (C=O) groups is 2. The number of benzene rings is 1. The maximum atomic E-state index is 11.7. The van der Waals surface area contributed by atoms with Crippen molar-refractivity contribution in [1.82, 2.24) is 15.5 Å².